The summed E-state index contributed by atoms with van der Waals surface area (Å²) in [5.74, 6) is -0.670. The maximum absolute atomic E-state index is 13.0. The number of alkyl halides is 3. The minimum absolute atomic E-state index is 0.168. The number of carbonyl (C=O) groups is 2. The lowest BCUT2D eigenvalue weighted by Crippen LogP contribution is -2.28. The molecule has 1 aliphatic rings. The smallest absolute Gasteiger partial charge is 0.417 e. The highest BCUT2D eigenvalue weighted by molar-refractivity contribution is 6.31. The van der Waals surface area contributed by atoms with Crippen LogP contribution < -0.4 is 10.2 Å². The quantitative estimate of drug-likeness (QED) is 0.500. The molecule has 0 unspecified atom stereocenters. The van der Waals surface area contributed by atoms with Crippen LogP contribution in [0.3, 0.4) is 0 Å². The highest BCUT2D eigenvalue weighted by atomic mass is 35.5. The van der Waals surface area contributed by atoms with Crippen LogP contribution in [-0.4, -0.2) is 18.4 Å². The Morgan fingerprint density at radius 3 is 2.66 bits per heavy atom. The second kappa shape index (κ2) is 8.55. The molecular weight excluding hydrogens is 445 g/mol. The first-order valence-corrected chi connectivity index (χ1v) is 9.93. The molecule has 2 amide bonds. The van der Waals surface area contributed by atoms with E-state index in [4.69, 9.17) is 16.0 Å². The van der Waals surface area contributed by atoms with Gasteiger partial charge in [0, 0.05) is 24.0 Å². The Hall–Kier alpha value is -3.52. The SMILES string of the molecule is O=C(/C=C/c1ccc(Cl)c(C(F)(F)F)c1)Nc1ccc2c(c1)CCN2C(=O)c1ccoc1. The Bertz CT molecular complexity index is 1200. The van der Waals surface area contributed by atoms with Gasteiger partial charge in [-0.1, -0.05) is 17.7 Å². The van der Waals surface area contributed by atoms with Crippen LogP contribution in [0, 0.1) is 0 Å². The van der Waals surface area contributed by atoms with Gasteiger partial charge >= 0.3 is 6.18 Å². The third kappa shape index (κ3) is 4.55. The predicted octanol–water partition coefficient (Wildman–Crippen LogP) is 5.81. The summed E-state index contributed by atoms with van der Waals surface area (Å²) in [5.41, 5.74) is 1.86. The zero-order valence-electron chi connectivity index (χ0n) is 16.4. The molecule has 0 aliphatic carbocycles. The van der Waals surface area contributed by atoms with Gasteiger partial charge < -0.3 is 14.6 Å². The van der Waals surface area contributed by atoms with E-state index in [9.17, 15) is 22.8 Å². The molecule has 0 saturated heterocycles. The average Bonchev–Trinajstić information content (AvgIpc) is 3.42. The first-order chi connectivity index (χ1) is 15.2. The molecule has 3 aromatic rings. The number of hydrogen-bond donors (Lipinski definition) is 1. The van der Waals surface area contributed by atoms with E-state index in [1.807, 2.05) is 0 Å². The number of fused-ring (bicyclic) bond motifs is 1. The van der Waals surface area contributed by atoms with E-state index in [0.29, 0.717) is 24.2 Å². The predicted molar refractivity (Wildman–Crippen MR) is 115 cm³/mol. The Kier molecular flexibility index (Phi) is 5.80. The zero-order valence-corrected chi connectivity index (χ0v) is 17.2. The molecule has 0 radical (unpaired) electrons. The molecule has 2 heterocycles. The summed E-state index contributed by atoms with van der Waals surface area (Å²) < 4.78 is 43.9. The van der Waals surface area contributed by atoms with Gasteiger partial charge in [-0.25, -0.2) is 0 Å². The van der Waals surface area contributed by atoms with Crippen LogP contribution in [0.4, 0.5) is 24.5 Å². The third-order valence-corrected chi connectivity index (χ3v) is 5.31. The number of hydrogen-bond acceptors (Lipinski definition) is 3. The van der Waals surface area contributed by atoms with Gasteiger partial charge in [0.15, 0.2) is 0 Å². The van der Waals surface area contributed by atoms with Gasteiger partial charge in [0.25, 0.3) is 5.91 Å². The summed E-state index contributed by atoms with van der Waals surface area (Å²) in [6.45, 7) is 0.509. The standard InChI is InChI=1S/C23H16ClF3N2O3/c24-19-4-1-14(11-18(19)23(25,26)27)2-6-21(30)28-17-3-5-20-15(12-17)7-9-29(20)22(31)16-8-10-32-13-16/h1-6,8,10-13H,7,9H2,(H,28,30)/b6-2+. The second-order valence-corrected chi connectivity index (χ2v) is 7.53. The van der Waals surface area contributed by atoms with E-state index >= 15 is 0 Å². The Balaban J connectivity index is 1.44. The second-order valence-electron chi connectivity index (χ2n) is 7.12. The Labute approximate surface area is 186 Å². The normalized spacial score (nSPS) is 13.4. The number of benzene rings is 2. The van der Waals surface area contributed by atoms with Crippen LogP contribution in [0.2, 0.25) is 5.02 Å². The van der Waals surface area contributed by atoms with Crippen molar-refractivity contribution in [3.8, 4) is 0 Å². The molecule has 4 rings (SSSR count). The zero-order chi connectivity index (χ0) is 22.9. The van der Waals surface area contributed by atoms with Crippen molar-refractivity contribution in [1.82, 2.24) is 0 Å². The van der Waals surface area contributed by atoms with Gasteiger partial charge in [-0.15, -0.1) is 0 Å². The minimum Gasteiger partial charge on any atom is -0.472 e. The molecule has 2 aromatic carbocycles. The molecule has 1 N–H and O–H groups in total. The van der Waals surface area contributed by atoms with E-state index < -0.39 is 22.7 Å². The molecule has 0 spiro atoms. The minimum atomic E-state index is -4.58. The van der Waals surface area contributed by atoms with Gasteiger partial charge in [0.1, 0.15) is 6.26 Å². The van der Waals surface area contributed by atoms with E-state index in [1.54, 1.807) is 29.2 Å². The average molecular weight is 461 g/mol. The third-order valence-electron chi connectivity index (χ3n) is 4.98. The van der Waals surface area contributed by atoms with Gasteiger partial charge in [0.2, 0.25) is 5.91 Å². The molecule has 32 heavy (non-hydrogen) atoms. The lowest BCUT2D eigenvalue weighted by molar-refractivity contribution is -0.137. The molecule has 5 nitrogen and oxygen atoms in total. The molecule has 9 heteroatoms. The number of nitrogens with one attached hydrogen (secondary N) is 1. The summed E-state index contributed by atoms with van der Waals surface area (Å²) >= 11 is 5.60. The van der Waals surface area contributed by atoms with Gasteiger partial charge in [-0.2, -0.15) is 13.2 Å². The summed E-state index contributed by atoms with van der Waals surface area (Å²) in [7, 11) is 0. The van der Waals surface area contributed by atoms with Crippen LogP contribution in [0.1, 0.15) is 27.0 Å². The van der Waals surface area contributed by atoms with Crippen LogP contribution in [-0.2, 0) is 17.4 Å². The fourth-order valence-corrected chi connectivity index (χ4v) is 3.68. The van der Waals surface area contributed by atoms with E-state index in [0.717, 1.165) is 29.5 Å². The van der Waals surface area contributed by atoms with Crippen LogP contribution >= 0.6 is 11.6 Å². The summed E-state index contributed by atoms with van der Waals surface area (Å²) in [4.78, 5) is 26.5. The van der Waals surface area contributed by atoms with Gasteiger partial charge in [0.05, 0.1) is 22.4 Å². The number of furan rings is 1. The van der Waals surface area contributed by atoms with Gasteiger partial charge in [-0.3, -0.25) is 9.59 Å². The van der Waals surface area contributed by atoms with Crippen molar-refractivity contribution in [3.05, 3.63) is 88.3 Å². The fraction of sp³-hybridized carbons (Fsp3) is 0.130. The van der Waals surface area contributed by atoms with Crippen molar-refractivity contribution < 1.29 is 27.2 Å². The van der Waals surface area contributed by atoms with Crippen molar-refractivity contribution in [1.29, 1.82) is 0 Å². The van der Waals surface area contributed by atoms with Crippen molar-refractivity contribution in [2.75, 3.05) is 16.8 Å². The van der Waals surface area contributed by atoms with Crippen molar-refractivity contribution in [2.45, 2.75) is 12.6 Å². The molecule has 164 valence electrons. The number of anilines is 2. The monoisotopic (exact) mass is 460 g/mol. The molecule has 0 fully saturated rings. The number of halogens is 4. The molecule has 0 saturated carbocycles. The maximum Gasteiger partial charge on any atom is 0.417 e. The molecule has 1 aromatic heterocycles. The van der Waals surface area contributed by atoms with Gasteiger partial charge in [-0.05, 0) is 60.0 Å². The molecule has 0 bridgehead atoms. The van der Waals surface area contributed by atoms with E-state index in [2.05, 4.69) is 5.32 Å². The number of rotatable bonds is 4. The van der Waals surface area contributed by atoms with Crippen LogP contribution in [0.25, 0.3) is 6.08 Å². The van der Waals surface area contributed by atoms with Crippen molar-refractivity contribution in [3.63, 3.8) is 0 Å². The lowest BCUT2D eigenvalue weighted by Gasteiger charge is -2.16. The summed E-state index contributed by atoms with van der Waals surface area (Å²) in [5, 5.41) is 2.27. The fourth-order valence-electron chi connectivity index (χ4n) is 3.45. The molecule has 1 aliphatic heterocycles. The number of nitrogens with zero attached hydrogens (tertiary/aromatic N) is 1. The van der Waals surface area contributed by atoms with E-state index in [-0.39, 0.29) is 11.5 Å². The Morgan fingerprint density at radius 1 is 1.12 bits per heavy atom. The first kappa shape index (κ1) is 21.7. The first-order valence-electron chi connectivity index (χ1n) is 9.55. The lowest BCUT2D eigenvalue weighted by atomic mass is 10.1. The number of amides is 2. The highest BCUT2D eigenvalue weighted by Gasteiger charge is 2.33. The summed E-state index contributed by atoms with van der Waals surface area (Å²) in [6.07, 6.45) is 1.29. The van der Waals surface area contributed by atoms with E-state index in [1.165, 1.54) is 24.7 Å². The maximum atomic E-state index is 13.0. The highest BCUT2D eigenvalue weighted by Crippen LogP contribution is 2.35. The number of carbonyl (C=O) groups excluding carboxylic acids is 2. The van der Waals surface area contributed by atoms with Crippen LogP contribution in [0.15, 0.2) is 65.5 Å². The largest absolute Gasteiger partial charge is 0.472 e. The molecular formula is C23H16ClF3N2O3. The topological polar surface area (TPSA) is 62.6 Å². The van der Waals surface area contributed by atoms with Crippen molar-refractivity contribution in [2.24, 2.45) is 0 Å². The Morgan fingerprint density at radius 2 is 1.94 bits per heavy atom. The summed E-state index contributed by atoms with van der Waals surface area (Å²) in [6, 6.07) is 10.2. The molecule has 0 atom stereocenters. The van der Waals surface area contributed by atoms with Crippen LogP contribution in [0.5, 0.6) is 0 Å². The van der Waals surface area contributed by atoms with Crippen molar-refractivity contribution >= 4 is 40.9 Å².